The van der Waals surface area contributed by atoms with E-state index in [0.29, 0.717) is 17.5 Å². The average molecular weight is 360 g/mol. The van der Waals surface area contributed by atoms with Crippen LogP contribution in [-0.2, 0) is 0 Å². The smallest absolute Gasteiger partial charge is 0.408 e. The van der Waals surface area contributed by atoms with Gasteiger partial charge in [0.05, 0.1) is 12.1 Å². The van der Waals surface area contributed by atoms with Crippen molar-refractivity contribution in [2.24, 2.45) is 0 Å². The van der Waals surface area contributed by atoms with Crippen molar-refractivity contribution >= 4 is 11.1 Å². The van der Waals surface area contributed by atoms with Gasteiger partial charge in [-0.25, -0.2) is 4.79 Å². The largest absolute Gasteiger partial charge is 0.417 e. The lowest BCUT2D eigenvalue weighted by molar-refractivity contribution is 0.201. The molecule has 0 aliphatic heterocycles. The topological polar surface area (TPSA) is 49.2 Å². The molecule has 0 spiro atoms. The predicted molar refractivity (Wildman–Crippen MR) is 108 cm³/mol. The van der Waals surface area contributed by atoms with E-state index in [4.69, 9.17) is 4.42 Å². The molecular formula is C23H24N2O2. The van der Waals surface area contributed by atoms with Gasteiger partial charge in [-0.15, -0.1) is 0 Å². The molecule has 4 rings (SSSR count). The second-order valence-electron chi connectivity index (χ2n) is 7.36. The highest BCUT2D eigenvalue weighted by atomic mass is 16.4. The Balaban J connectivity index is 1.33. The van der Waals surface area contributed by atoms with Crippen LogP contribution in [-0.4, -0.2) is 29.5 Å². The van der Waals surface area contributed by atoms with E-state index >= 15 is 0 Å². The van der Waals surface area contributed by atoms with Crippen LogP contribution in [0.25, 0.3) is 11.1 Å². The van der Waals surface area contributed by atoms with Crippen LogP contribution in [0, 0.1) is 11.8 Å². The van der Waals surface area contributed by atoms with Crippen molar-refractivity contribution in [3.63, 3.8) is 0 Å². The molecule has 1 heterocycles. The summed E-state index contributed by atoms with van der Waals surface area (Å²) in [6, 6.07) is 16.8. The van der Waals surface area contributed by atoms with Crippen molar-refractivity contribution in [2.75, 3.05) is 13.6 Å². The molecule has 1 aliphatic carbocycles. The van der Waals surface area contributed by atoms with Crippen LogP contribution >= 0.6 is 0 Å². The number of H-pyrrole nitrogens is 1. The molecule has 138 valence electrons. The van der Waals surface area contributed by atoms with E-state index < -0.39 is 0 Å². The van der Waals surface area contributed by atoms with Gasteiger partial charge in [0, 0.05) is 11.6 Å². The minimum Gasteiger partial charge on any atom is -0.408 e. The molecule has 4 nitrogen and oxygen atoms in total. The Hall–Kier alpha value is -2.77. The van der Waals surface area contributed by atoms with Crippen LogP contribution in [0.15, 0.2) is 57.7 Å². The van der Waals surface area contributed by atoms with E-state index in [1.165, 1.54) is 18.4 Å². The van der Waals surface area contributed by atoms with Gasteiger partial charge in [-0.3, -0.25) is 9.88 Å². The van der Waals surface area contributed by atoms with E-state index in [1.807, 2.05) is 42.5 Å². The molecule has 0 amide bonds. The minimum atomic E-state index is -0.385. The minimum absolute atomic E-state index is 0.385. The highest BCUT2D eigenvalue weighted by Gasteiger charge is 2.25. The molecule has 0 atom stereocenters. The Morgan fingerprint density at radius 2 is 1.89 bits per heavy atom. The third kappa shape index (κ3) is 4.15. The van der Waals surface area contributed by atoms with Gasteiger partial charge in [-0.2, -0.15) is 0 Å². The van der Waals surface area contributed by atoms with Crippen LogP contribution in [0.2, 0.25) is 0 Å². The number of nitrogens with zero attached hydrogens (tertiary/aromatic N) is 1. The fraction of sp³-hybridized carbons (Fsp3) is 0.348. The third-order valence-electron chi connectivity index (χ3n) is 5.57. The second-order valence-corrected chi connectivity index (χ2v) is 7.36. The standard InChI is InChI=1S/C23H24N2O2/c1-25(15-5-8-17-6-3-2-4-7-17)20-12-9-18(10-13-20)19-11-14-21-22(16-19)27-23(26)24-21/h2-4,6-7,11,14,16,18,20H,9-10,12-13,15H2,1H3,(H,24,26). The summed E-state index contributed by atoms with van der Waals surface area (Å²) in [5.74, 6) is 6.68. The van der Waals surface area contributed by atoms with Gasteiger partial charge in [-0.05, 0) is 68.5 Å². The molecule has 0 bridgehead atoms. The molecule has 0 unspecified atom stereocenters. The molecular weight excluding hydrogens is 336 g/mol. The van der Waals surface area contributed by atoms with Gasteiger partial charge in [0.25, 0.3) is 0 Å². The van der Waals surface area contributed by atoms with Crippen molar-refractivity contribution in [3.05, 3.63) is 70.2 Å². The highest BCUT2D eigenvalue weighted by Crippen LogP contribution is 2.35. The van der Waals surface area contributed by atoms with Crippen molar-refractivity contribution in [3.8, 4) is 11.8 Å². The SMILES string of the molecule is CN(CC#Cc1ccccc1)C1CCC(c2ccc3[nH]c(=O)oc3c2)CC1. The van der Waals surface area contributed by atoms with Crippen LogP contribution in [0.5, 0.6) is 0 Å². The summed E-state index contributed by atoms with van der Waals surface area (Å²) in [6.45, 7) is 0.796. The first-order chi connectivity index (χ1) is 13.2. The lowest BCUT2D eigenvalue weighted by atomic mass is 9.81. The predicted octanol–water partition coefficient (Wildman–Crippen LogP) is 4.13. The molecule has 0 radical (unpaired) electrons. The highest BCUT2D eigenvalue weighted by molar-refractivity contribution is 5.72. The third-order valence-corrected chi connectivity index (χ3v) is 5.57. The van der Waals surface area contributed by atoms with Gasteiger partial charge >= 0.3 is 5.76 Å². The first-order valence-corrected chi connectivity index (χ1v) is 9.56. The first-order valence-electron chi connectivity index (χ1n) is 9.56. The Bertz CT molecular complexity index is 1010. The monoisotopic (exact) mass is 360 g/mol. The molecule has 27 heavy (non-hydrogen) atoms. The number of hydrogen-bond donors (Lipinski definition) is 1. The van der Waals surface area contributed by atoms with E-state index in [2.05, 4.69) is 34.8 Å². The summed E-state index contributed by atoms with van der Waals surface area (Å²) in [6.07, 6.45) is 4.65. The summed E-state index contributed by atoms with van der Waals surface area (Å²) < 4.78 is 5.20. The quantitative estimate of drug-likeness (QED) is 0.715. The molecule has 4 heteroatoms. The van der Waals surface area contributed by atoms with Crippen molar-refractivity contribution in [2.45, 2.75) is 37.6 Å². The molecule has 1 N–H and O–H groups in total. The number of aromatic nitrogens is 1. The van der Waals surface area contributed by atoms with Gasteiger partial charge < -0.3 is 4.42 Å². The van der Waals surface area contributed by atoms with Crippen LogP contribution in [0.4, 0.5) is 0 Å². The van der Waals surface area contributed by atoms with Crippen molar-refractivity contribution in [1.82, 2.24) is 9.88 Å². The Kier molecular flexibility index (Phi) is 5.13. The lowest BCUT2D eigenvalue weighted by Crippen LogP contribution is -2.35. The normalized spacial score (nSPS) is 19.8. The number of aromatic amines is 1. The maximum atomic E-state index is 11.3. The average Bonchev–Trinajstić information content (AvgIpc) is 3.08. The summed E-state index contributed by atoms with van der Waals surface area (Å²) in [5.41, 5.74) is 3.78. The number of nitrogens with one attached hydrogen (secondary N) is 1. The molecule has 1 aromatic heterocycles. The first kappa shape index (κ1) is 17.6. The number of benzene rings is 2. The number of oxazole rings is 1. The molecule has 3 aromatic rings. The molecule has 0 saturated heterocycles. The van der Waals surface area contributed by atoms with Crippen molar-refractivity contribution in [1.29, 1.82) is 0 Å². The fourth-order valence-electron chi connectivity index (χ4n) is 3.98. The van der Waals surface area contributed by atoms with Gasteiger partial charge in [0.15, 0.2) is 5.58 Å². The van der Waals surface area contributed by atoms with Crippen molar-refractivity contribution < 1.29 is 4.42 Å². The summed E-state index contributed by atoms with van der Waals surface area (Å²) >= 11 is 0. The summed E-state index contributed by atoms with van der Waals surface area (Å²) in [7, 11) is 2.17. The second kappa shape index (κ2) is 7.85. The maximum absolute atomic E-state index is 11.3. The number of rotatable bonds is 3. The Morgan fingerprint density at radius 1 is 1.11 bits per heavy atom. The van der Waals surface area contributed by atoms with Crippen LogP contribution < -0.4 is 5.76 Å². The zero-order valence-electron chi connectivity index (χ0n) is 15.6. The number of fused-ring (bicyclic) bond motifs is 1. The zero-order valence-corrected chi connectivity index (χ0v) is 15.6. The van der Waals surface area contributed by atoms with Gasteiger partial charge in [0.1, 0.15) is 0 Å². The molecule has 1 aliphatic rings. The van der Waals surface area contributed by atoms with E-state index in [0.717, 1.165) is 30.5 Å². The summed E-state index contributed by atoms with van der Waals surface area (Å²) in [4.78, 5) is 16.4. The van der Waals surface area contributed by atoms with Crippen LogP contribution in [0.3, 0.4) is 0 Å². The van der Waals surface area contributed by atoms with E-state index in [9.17, 15) is 4.79 Å². The lowest BCUT2D eigenvalue weighted by Gasteiger charge is -2.34. The summed E-state index contributed by atoms with van der Waals surface area (Å²) in [5, 5.41) is 0. The maximum Gasteiger partial charge on any atom is 0.417 e. The van der Waals surface area contributed by atoms with E-state index in [-0.39, 0.29) is 5.76 Å². The van der Waals surface area contributed by atoms with E-state index in [1.54, 1.807) is 0 Å². The molecule has 2 aromatic carbocycles. The molecule has 1 saturated carbocycles. The van der Waals surface area contributed by atoms with Gasteiger partial charge in [-0.1, -0.05) is 36.1 Å². The number of hydrogen-bond acceptors (Lipinski definition) is 3. The zero-order chi connectivity index (χ0) is 18.6. The fourth-order valence-corrected chi connectivity index (χ4v) is 3.98. The van der Waals surface area contributed by atoms with Gasteiger partial charge in [0.2, 0.25) is 0 Å². The van der Waals surface area contributed by atoms with Crippen LogP contribution in [0.1, 0.15) is 42.7 Å². The Labute approximate surface area is 159 Å². The Morgan fingerprint density at radius 3 is 2.67 bits per heavy atom. The molecule has 1 fully saturated rings.